The van der Waals surface area contributed by atoms with Gasteiger partial charge in [0.25, 0.3) is 0 Å². The molecule has 0 spiro atoms. The standard InChI is InChI=1S/C50H88NO10P/c1-3-5-7-9-11-13-15-17-19-21-23-25-27-29-31-33-35-37-39-41-48(53)51-47(50(55)56)45-61-62(57,58)60-44-46(52)43-59-49(54)42-40-38-36-34-32-30-28-26-24-22-20-18-16-14-12-10-8-6-4-2/h11-14,17-20,23,25,46-47,52H,3-10,15-16,21-22,24,26-45H2,1-2H3,(H,51,53)(H,55,56)(H,57,58)/b13-11-,14-12-,19-17-,20-18-,25-23-. The molecule has 0 bridgehead atoms. The van der Waals surface area contributed by atoms with E-state index in [1.165, 1.54) is 83.5 Å². The van der Waals surface area contributed by atoms with Gasteiger partial charge in [0, 0.05) is 12.8 Å². The molecule has 3 unspecified atom stereocenters. The van der Waals surface area contributed by atoms with Crippen LogP contribution in [0.1, 0.15) is 206 Å². The van der Waals surface area contributed by atoms with Gasteiger partial charge in [0.15, 0.2) is 6.04 Å². The van der Waals surface area contributed by atoms with Gasteiger partial charge >= 0.3 is 19.8 Å². The van der Waals surface area contributed by atoms with Crippen molar-refractivity contribution in [3.8, 4) is 0 Å². The third-order valence-corrected chi connectivity index (χ3v) is 11.2. The number of carboxylic acids is 1. The Hall–Kier alpha value is -2.82. The van der Waals surface area contributed by atoms with Crippen molar-refractivity contribution in [3.63, 3.8) is 0 Å². The Kier molecular flexibility index (Phi) is 42.7. The average molecular weight is 894 g/mol. The second-order valence-electron chi connectivity index (χ2n) is 16.3. The van der Waals surface area contributed by atoms with E-state index in [2.05, 4.69) is 79.9 Å². The predicted octanol–water partition coefficient (Wildman–Crippen LogP) is 13.1. The van der Waals surface area contributed by atoms with Crippen molar-refractivity contribution >= 4 is 25.7 Å². The smallest absolute Gasteiger partial charge is 0.472 e. The number of rotatable bonds is 45. The van der Waals surface area contributed by atoms with Gasteiger partial charge in [0.05, 0.1) is 13.2 Å². The number of unbranched alkanes of at least 4 members (excludes halogenated alkanes) is 21. The van der Waals surface area contributed by atoms with Crippen molar-refractivity contribution in [2.75, 3.05) is 19.8 Å². The van der Waals surface area contributed by atoms with Crippen LogP contribution in [0.15, 0.2) is 60.8 Å². The van der Waals surface area contributed by atoms with E-state index in [1.807, 2.05) is 0 Å². The van der Waals surface area contributed by atoms with Crippen LogP contribution in [0.3, 0.4) is 0 Å². The number of phosphoric acid groups is 1. The fourth-order valence-electron chi connectivity index (χ4n) is 6.47. The summed E-state index contributed by atoms with van der Waals surface area (Å²) in [6.45, 7) is 2.54. The van der Waals surface area contributed by atoms with Crippen LogP contribution in [0.4, 0.5) is 0 Å². The fourth-order valence-corrected chi connectivity index (χ4v) is 7.24. The fraction of sp³-hybridized carbons (Fsp3) is 0.740. The molecule has 0 aromatic carbocycles. The lowest BCUT2D eigenvalue weighted by Crippen LogP contribution is -2.43. The van der Waals surface area contributed by atoms with E-state index in [0.717, 1.165) is 83.5 Å². The number of nitrogens with one attached hydrogen (secondary N) is 1. The Morgan fingerprint density at radius 3 is 1.32 bits per heavy atom. The molecule has 0 aliphatic carbocycles. The number of carbonyl (C=O) groups excluding carboxylic acids is 2. The maximum atomic E-state index is 12.3. The largest absolute Gasteiger partial charge is 0.480 e. The third-order valence-electron chi connectivity index (χ3n) is 10.3. The number of amides is 1. The molecule has 0 aromatic rings. The maximum absolute atomic E-state index is 12.3. The summed E-state index contributed by atoms with van der Waals surface area (Å²) in [6, 6.07) is -1.56. The zero-order chi connectivity index (χ0) is 45.6. The molecule has 0 fully saturated rings. The highest BCUT2D eigenvalue weighted by Gasteiger charge is 2.28. The van der Waals surface area contributed by atoms with Crippen LogP contribution in [0.2, 0.25) is 0 Å². The molecule has 0 rings (SSSR count). The van der Waals surface area contributed by atoms with Crippen molar-refractivity contribution in [1.82, 2.24) is 5.32 Å². The maximum Gasteiger partial charge on any atom is 0.472 e. The molecule has 0 aromatic heterocycles. The van der Waals surface area contributed by atoms with Crippen LogP contribution < -0.4 is 5.32 Å². The first kappa shape index (κ1) is 59.2. The summed E-state index contributed by atoms with van der Waals surface area (Å²) in [5.74, 6) is -2.40. The van der Waals surface area contributed by atoms with Crippen LogP contribution in [0, 0.1) is 0 Å². The molecule has 12 heteroatoms. The van der Waals surface area contributed by atoms with Crippen molar-refractivity contribution in [2.45, 2.75) is 219 Å². The van der Waals surface area contributed by atoms with Gasteiger partial charge in [-0.15, -0.1) is 0 Å². The Morgan fingerprint density at radius 2 is 0.887 bits per heavy atom. The van der Waals surface area contributed by atoms with Crippen molar-refractivity contribution < 1.29 is 47.8 Å². The highest BCUT2D eigenvalue weighted by molar-refractivity contribution is 7.47. The van der Waals surface area contributed by atoms with Crippen LogP contribution in [-0.4, -0.2) is 64.9 Å². The molecule has 62 heavy (non-hydrogen) atoms. The second kappa shape index (κ2) is 44.8. The van der Waals surface area contributed by atoms with E-state index in [9.17, 15) is 34.1 Å². The number of aliphatic hydroxyl groups excluding tert-OH is 1. The van der Waals surface area contributed by atoms with Crippen molar-refractivity contribution in [2.24, 2.45) is 0 Å². The number of aliphatic hydroxyl groups is 1. The molecule has 3 atom stereocenters. The number of carbonyl (C=O) groups is 3. The molecule has 11 nitrogen and oxygen atoms in total. The summed E-state index contributed by atoms with van der Waals surface area (Å²) in [7, 11) is -4.77. The quantitative estimate of drug-likeness (QED) is 0.0200. The summed E-state index contributed by atoms with van der Waals surface area (Å²) in [5, 5.41) is 21.9. The summed E-state index contributed by atoms with van der Waals surface area (Å²) in [6.07, 6.45) is 52.3. The minimum atomic E-state index is -4.77. The van der Waals surface area contributed by atoms with Crippen molar-refractivity contribution in [3.05, 3.63) is 60.8 Å². The third kappa shape index (κ3) is 43.8. The molecule has 0 radical (unpaired) electrons. The van der Waals surface area contributed by atoms with Crippen LogP contribution in [-0.2, 0) is 32.7 Å². The minimum Gasteiger partial charge on any atom is -0.480 e. The summed E-state index contributed by atoms with van der Waals surface area (Å²) < 4.78 is 26.9. The average Bonchev–Trinajstić information content (AvgIpc) is 3.25. The van der Waals surface area contributed by atoms with Gasteiger partial charge in [-0.05, 0) is 83.5 Å². The normalized spacial score (nSPS) is 14.1. The molecule has 0 saturated carbocycles. The van der Waals surface area contributed by atoms with Gasteiger partial charge < -0.3 is 25.2 Å². The SMILES string of the molecule is CCCCC/C=C\C/C=C\C/C=C\CCCCCCCCC(=O)NC(COP(=O)(O)OCC(O)COC(=O)CCCCCCCCCCC/C=C\C/C=C\CCCCC)C(=O)O. The Morgan fingerprint density at radius 1 is 0.516 bits per heavy atom. The van der Waals surface area contributed by atoms with E-state index < -0.39 is 57.6 Å². The van der Waals surface area contributed by atoms with Gasteiger partial charge in [-0.2, -0.15) is 0 Å². The number of phosphoric ester groups is 1. The van der Waals surface area contributed by atoms with E-state index in [4.69, 9.17) is 13.8 Å². The van der Waals surface area contributed by atoms with E-state index in [0.29, 0.717) is 12.8 Å². The van der Waals surface area contributed by atoms with E-state index in [-0.39, 0.29) is 12.8 Å². The number of aliphatic carboxylic acids is 1. The molecule has 0 aliphatic rings. The number of carboxylic acid groups (broad SMARTS) is 1. The Labute approximate surface area is 376 Å². The van der Waals surface area contributed by atoms with E-state index in [1.54, 1.807) is 0 Å². The number of esters is 1. The molecule has 4 N–H and O–H groups in total. The molecule has 0 aliphatic heterocycles. The number of allylic oxidation sites excluding steroid dienone is 10. The molecular formula is C50H88NO10P. The van der Waals surface area contributed by atoms with Gasteiger partial charge in [-0.25, -0.2) is 9.36 Å². The van der Waals surface area contributed by atoms with Gasteiger partial charge in [0.1, 0.15) is 12.7 Å². The predicted molar refractivity (Wildman–Crippen MR) is 254 cm³/mol. The lowest BCUT2D eigenvalue weighted by Gasteiger charge is -2.18. The first-order valence-electron chi connectivity index (χ1n) is 24.3. The second-order valence-corrected chi connectivity index (χ2v) is 17.7. The summed E-state index contributed by atoms with van der Waals surface area (Å²) >= 11 is 0. The number of hydrogen-bond donors (Lipinski definition) is 4. The highest BCUT2D eigenvalue weighted by Crippen LogP contribution is 2.43. The van der Waals surface area contributed by atoms with Gasteiger partial charge in [0.2, 0.25) is 5.91 Å². The summed E-state index contributed by atoms with van der Waals surface area (Å²) in [5.41, 5.74) is 0. The first-order chi connectivity index (χ1) is 30.1. The monoisotopic (exact) mass is 894 g/mol. The lowest BCUT2D eigenvalue weighted by molar-refractivity contribution is -0.147. The molecule has 358 valence electrons. The Balaban J connectivity index is 3.89. The van der Waals surface area contributed by atoms with Crippen LogP contribution >= 0.6 is 7.82 Å². The molecule has 1 amide bonds. The number of ether oxygens (including phenoxy) is 1. The number of hydrogen-bond acceptors (Lipinski definition) is 8. The molecule has 0 heterocycles. The highest BCUT2D eigenvalue weighted by atomic mass is 31.2. The molecule has 0 saturated heterocycles. The van der Waals surface area contributed by atoms with E-state index >= 15 is 0 Å². The van der Waals surface area contributed by atoms with Gasteiger partial charge in [-0.3, -0.25) is 18.6 Å². The first-order valence-corrected chi connectivity index (χ1v) is 25.8. The molecular weight excluding hydrogens is 806 g/mol. The van der Waals surface area contributed by atoms with Crippen LogP contribution in [0.25, 0.3) is 0 Å². The van der Waals surface area contributed by atoms with Crippen LogP contribution in [0.5, 0.6) is 0 Å². The van der Waals surface area contributed by atoms with Gasteiger partial charge in [-0.1, -0.05) is 171 Å². The Bertz CT molecular complexity index is 1280. The van der Waals surface area contributed by atoms with Crippen molar-refractivity contribution in [1.29, 1.82) is 0 Å². The zero-order valence-corrected chi connectivity index (χ0v) is 39.8. The lowest BCUT2D eigenvalue weighted by atomic mass is 10.1. The topological polar surface area (TPSA) is 169 Å². The summed E-state index contributed by atoms with van der Waals surface area (Å²) in [4.78, 5) is 46.1. The zero-order valence-electron chi connectivity index (χ0n) is 38.9. The minimum absolute atomic E-state index is 0.129.